The second-order valence-corrected chi connectivity index (χ2v) is 12.3. The fourth-order valence-electron chi connectivity index (χ4n) is 7.61. The van der Waals surface area contributed by atoms with Crippen LogP contribution in [-0.2, 0) is 5.41 Å². The van der Waals surface area contributed by atoms with Gasteiger partial charge in [-0.2, -0.15) is 5.26 Å². The SMILES string of the molecule is [C-]#[N+]c1ccc2c(c1)c1ccc3c(c1n2-c1cccc(-n2c4ccccc4c4cc(C#N)ccc42)n1)C(C)(C)c1ccccc1-3. The van der Waals surface area contributed by atoms with Crippen LogP contribution in [0.4, 0.5) is 5.69 Å². The van der Waals surface area contributed by atoms with E-state index in [9.17, 15) is 5.26 Å². The normalized spacial score (nSPS) is 13.2. The summed E-state index contributed by atoms with van der Waals surface area (Å²) in [7, 11) is 0. The Morgan fingerprint density at radius 1 is 0.667 bits per heavy atom. The van der Waals surface area contributed by atoms with Gasteiger partial charge in [-0.3, -0.25) is 9.13 Å². The molecule has 9 rings (SSSR count). The van der Waals surface area contributed by atoms with E-state index in [1.165, 1.54) is 22.3 Å². The van der Waals surface area contributed by atoms with Crippen LogP contribution in [0, 0.1) is 17.9 Å². The Kier molecular flexibility index (Phi) is 5.03. The molecule has 0 amide bonds. The Morgan fingerprint density at radius 3 is 2.22 bits per heavy atom. The van der Waals surface area contributed by atoms with Crippen LogP contribution in [0.1, 0.15) is 30.5 Å². The molecule has 0 N–H and O–H groups in total. The largest absolute Gasteiger partial charge is 0.294 e. The third-order valence-corrected chi connectivity index (χ3v) is 9.54. The molecule has 0 aliphatic heterocycles. The lowest BCUT2D eigenvalue weighted by Gasteiger charge is -2.23. The van der Waals surface area contributed by atoms with Gasteiger partial charge in [-0.15, -0.1) is 0 Å². The molecule has 0 bridgehead atoms. The van der Waals surface area contributed by atoms with Gasteiger partial charge in [0.15, 0.2) is 5.69 Å². The maximum atomic E-state index is 9.61. The van der Waals surface area contributed by atoms with Gasteiger partial charge < -0.3 is 0 Å². The molecule has 0 unspecified atom stereocenters. The van der Waals surface area contributed by atoms with Gasteiger partial charge in [-0.25, -0.2) is 9.83 Å². The molecule has 1 aliphatic carbocycles. The highest BCUT2D eigenvalue weighted by Crippen LogP contribution is 2.53. The number of benzene rings is 5. The molecular weight excluding hydrogens is 550 g/mol. The van der Waals surface area contributed by atoms with E-state index < -0.39 is 0 Å². The Morgan fingerprint density at radius 2 is 1.38 bits per heavy atom. The molecule has 0 fully saturated rings. The first kappa shape index (κ1) is 25.3. The van der Waals surface area contributed by atoms with Crippen LogP contribution in [0.5, 0.6) is 0 Å². The van der Waals surface area contributed by atoms with Gasteiger partial charge in [-0.1, -0.05) is 80.6 Å². The number of fused-ring (bicyclic) bond motifs is 10. The summed E-state index contributed by atoms with van der Waals surface area (Å²) in [5, 5.41) is 13.9. The molecule has 0 radical (unpaired) electrons. The maximum absolute atomic E-state index is 9.61. The Labute approximate surface area is 259 Å². The van der Waals surface area contributed by atoms with E-state index in [0.29, 0.717) is 11.3 Å². The first-order chi connectivity index (χ1) is 22.0. The van der Waals surface area contributed by atoms with Crippen molar-refractivity contribution in [3.63, 3.8) is 0 Å². The van der Waals surface area contributed by atoms with E-state index in [1.54, 1.807) is 0 Å². The zero-order valence-corrected chi connectivity index (χ0v) is 24.7. The Balaban J connectivity index is 1.38. The highest BCUT2D eigenvalue weighted by Gasteiger charge is 2.38. The van der Waals surface area contributed by atoms with Crippen molar-refractivity contribution in [3.05, 3.63) is 143 Å². The van der Waals surface area contributed by atoms with Crippen LogP contribution in [0.15, 0.2) is 115 Å². The molecule has 0 saturated carbocycles. The summed E-state index contributed by atoms with van der Waals surface area (Å²) >= 11 is 0. The van der Waals surface area contributed by atoms with Crippen LogP contribution in [0.3, 0.4) is 0 Å². The summed E-state index contributed by atoms with van der Waals surface area (Å²) in [6, 6.07) is 41.7. The van der Waals surface area contributed by atoms with Crippen LogP contribution >= 0.6 is 0 Å². The van der Waals surface area contributed by atoms with Crippen molar-refractivity contribution in [1.82, 2.24) is 14.1 Å². The van der Waals surface area contributed by atoms with Crippen molar-refractivity contribution in [2.75, 3.05) is 0 Å². The summed E-state index contributed by atoms with van der Waals surface area (Å²) in [4.78, 5) is 9.13. The first-order valence-corrected chi connectivity index (χ1v) is 15.0. The molecule has 5 heteroatoms. The lowest BCUT2D eigenvalue weighted by molar-refractivity contribution is 0.663. The predicted octanol–water partition coefficient (Wildman–Crippen LogP) is 10.0. The molecule has 0 saturated heterocycles. The third-order valence-electron chi connectivity index (χ3n) is 9.54. The van der Waals surface area contributed by atoms with E-state index in [1.807, 2.05) is 48.5 Å². The summed E-state index contributed by atoms with van der Waals surface area (Å²) in [5.74, 6) is 1.61. The molecule has 210 valence electrons. The number of para-hydroxylation sites is 1. The minimum absolute atomic E-state index is 0.233. The lowest BCUT2D eigenvalue weighted by Crippen LogP contribution is -2.16. The molecule has 8 aromatic rings. The van der Waals surface area contributed by atoms with Gasteiger partial charge in [0.1, 0.15) is 11.6 Å². The smallest absolute Gasteiger partial charge is 0.188 e. The molecule has 3 aromatic heterocycles. The van der Waals surface area contributed by atoms with Gasteiger partial charge in [0.25, 0.3) is 0 Å². The van der Waals surface area contributed by atoms with E-state index >= 15 is 0 Å². The second-order valence-electron chi connectivity index (χ2n) is 12.3. The van der Waals surface area contributed by atoms with Crippen molar-refractivity contribution >= 4 is 49.3 Å². The highest BCUT2D eigenvalue weighted by atomic mass is 15.1. The van der Waals surface area contributed by atoms with Gasteiger partial charge in [0.05, 0.1) is 40.3 Å². The Hall–Kier alpha value is -6.17. The zero-order valence-electron chi connectivity index (χ0n) is 24.7. The average Bonchev–Trinajstić information content (AvgIpc) is 3.67. The number of nitrogens with zero attached hydrogens (tertiary/aromatic N) is 5. The van der Waals surface area contributed by atoms with E-state index in [0.717, 1.165) is 55.2 Å². The number of hydrogen-bond acceptors (Lipinski definition) is 2. The number of rotatable bonds is 2. The van der Waals surface area contributed by atoms with Crippen molar-refractivity contribution in [2.45, 2.75) is 19.3 Å². The summed E-state index contributed by atoms with van der Waals surface area (Å²) in [6.07, 6.45) is 0. The minimum atomic E-state index is -0.233. The van der Waals surface area contributed by atoms with Crippen LogP contribution in [0.25, 0.3) is 71.2 Å². The lowest BCUT2D eigenvalue weighted by atomic mass is 9.81. The van der Waals surface area contributed by atoms with Crippen molar-refractivity contribution in [1.29, 1.82) is 5.26 Å². The van der Waals surface area contributed by atoms with Crippen LogP contribution in [-0.4, -0.2) is 14.1 Å². The second kappa shape index (κ2) is 8.92. The van der Waals surface area contributed by atoms with Crippen LogP contribution in [0.2, 0.25) is 0 Å². The molecule has 3 heterocycles. The standard InChI is InChI=1S/C40H25N5/c1-40(2)32-11-6-4-9-26(32)28-17-18-29-31-22-25(42-3)16-20-35(31)45(39(29)38(28)40)37-14-8-13-36(43-37)44-33-12-7-5-10-27(33)30-21-24(23-41)15-19-34(30)44/h4-22H,1-2H3. The van der Waals surface area contributed by atoms with E-state index in [-0.39, 0.29) is 5.41 Å². The Bertz CT molecular complexity index is 2650. The molecule has 45 heavy (non-hydrogen) atoms. The van der Waals surface area contributed by atoms with Crippen LogP contribution < -0.4 is 0 Å². The highest BCUT2D eigenvalue weighted by molar-refractivity contribution is 6.14. The zero-order chi connectivity index (χ0) is 30.4. The topological polar surface area (TPSA) is 50.9 Å². The van der Waals surface area contributed by atoms with E-state index in [2.05, 4.69) is 101 Å². The van der Waals surface area contributed by atoms with Gasteiger partial charge in [-0.05, 0) is 76.2 Å². The van der Waals surface area contributed by atoms with Gasteiger partial charge >= 0.3 is 0 Å². The summed E-state index contributed by atoms with van der Waals surface area (Å²) in [6.45, 7) is 12.3. The van der Waals surface area contributed by atoms with Crippen molar-refractivity contribution < 1.29 is 0 Å². The van der Waals surface area contributed by atoms with E-state index in [4.69, 9.17) is 11.6 Å². The van der Waals surface area contributed by atoms with Crippen molar-refractivity contribution in [2.24, 2.45) is 0 Å². The van der Waals surface area contributed by atoms with Gasteiger partial charge in [0, 0.05) is 21.6 Å². The fraction of sp³-hybridized carbons (Fsp3) is 0.0750. The fourth-order valence-corrected chi connectivity index (χ4v) is 7.61. The quantitative estimate of drug-likeness (QED) is 0.193. The number of nitriles is 1. The first-order valence-electron chi connectivity index (χ1n) is 15.0. The molecule has 1 aliphatic rings. The minimum Gasteiger partial charge on any atom is -0.294 e. The molecule has 0 spiro atoms. The monoisotopic (exact) mass is 575 g/mol. The molecular formula is C40H25N5. The number of pyridine rings is 1. The predicted molar refractivity (Wildman–Crippen MR) is 181 cm³/mol. The van der Waals surface area contributed by atoms with Crippen molar-refractivity contribution in [3.8, 4) is 28.8 Å². The molecule has 5 aromatic carbocycles. The maximum Gasteiger partial charge on any atom is 0.188 e. The average molecular weight is 576 g/mol. The molecule has 5 nitrogen and oxygen atoms in total. The number of aromatic nitrogens is 3. The molecule has 0 atom stereocenters. The third kappa shape index (κ3) is 3.33. The van der Waals surface area contributed by atoms with Gasteiger partial charge in [0.2, 0.25) is 0 Å². The summed E-state index contributed by atoms with van der Waals surface area (Å²) in [5.41, 5.74) is 10.3. The number of hydrogen-bond donors (Lipinski definition) is 0. The summed E-state index contributed by atoms with van der Waals surface area (Å²) < 4.78 is 4.47.